The number of nitrogens with zero attached hydrogens (tertiary/aromatic N) is 2. The maximum atomic E-state index is 5.25. The number of hydrogen-bond donors (Lipinski definition) is 0. The topological polar surface area (TPSA) is 24.7 Å². The van der Waals surface area contributed by atoms with Gasteiger partial charge in [0.05, 0.1) is 11.4 Å². The average Bonchev–Trinajstić information content (AvgIpc) is 2.64. The molecule has 2 rings (SSSR count). The van der Waals surface area contributed by atoms with Crippen molar-refractivity contribution in [3.8, 4) is 0 Å². The van der Waals surface area contributed by atoms with Crippen LogP contribution in [0.3, 0.4) is 0 Å². The van der Waals surface area contributed by atoms with Gasteiger partial charge < -0.3 is 0 Å². The van der Waals surface area contributed by atoms with E-state index in [0.717, 1.165) is 29.2 Å². The highest BCUT2D eigenvalue weighted by Crippen LogP contribution is 2.41. The monoisotopic (exact) mass is 474 g/mol. The minimum Gasteiger partial charge on any atom is -0.257 e. The van der Waals surface area contributed by atoms with Gasteiger partial charge in [-0.1, -0.05) is 119 Å². The summed E-state index contributed by atoms with van der Waals surface area (Å²) in [5.74, 6) is 0. The quantitative estimate of drug-likeness (QED) is 0.394. The summed E-state index contributed by atoms with van der Waals surface area (Å²) in [5, 5.41) is 0. The lowest BCUT2D eigenvalue weighted by atomic mass is 9.79. The SMILES string of the molecule is CC(CC(C)=Nc1c(C(C)(C)C)cccc1C(C)(C)C)=Nc1c(C(C)(C)C)cccc1C(C)(C)C. The molecule has 0 amide bonds. The van der Waals surface area contributed by atoms with E-state index in [4.69, 9.17) is 9.98 Å². The highest BCUT2D eigenvalue weighted by atomic mass is 14.8. The third kappa shape index (κ3) is 7.38. The van der Waals surface area contributed by atoms with E-state index in [0.29, 0.717) is 0 Å². The molecule has 0 N–H and O–H groups in total. The molecule has 0 saturated carbocycles. The van der Waals surface area contributed by atoms with Gasteiger partial charge in [-0.25, -0.2) is 0 Å². The first-order valence-corrected chi connectivity index (χ1v) is 13.1. The lowest BCUT2D eigenvalue weighted by molar-refractivity contribution is 0.570. The fourth-order valence-corrected chi connectivity index (χ4v) is 4.58. The molecule has 0 unspecified atom stereocenters. The Hall–Kier alpha value is -2.22. The lowest BCUT2D eigenvalue weighted by Gasteiger charge is -2.28. The third-order valence-corrected chi connectivity index (χ3v) is 6.42. The maximum absolute atomic E-state index is 5.25. The van der Waals surface area contributed by atoms with Crippen LogP contribution in [0.1, 0.15) is 126 Å². The van der Waals surface area contributed by atoms with Crippen molar-refractivity contribution in [3.05, 3.63) is 58.7 Å². The zero-order valence-corrected chi connectivity index (χ0v) is 25.1. The molecule has 0 fully saturated rings. The summed E-state index contributed by atoms with van der Waals surface area (Å²) in [6.45, 7) is 31.5. The zero-order chi connectivity index (χ0) is 27.0. The molecule has 192 valence electrons. The van der Waals surface area contributed by atoms with Gasteiger partial charge in [0.15, 0.2) is 0 Å². The summed E-state index contributed by atoms with van der Waals surface area (Å²) in [6, 6.07) is 13.3. The van der Waals surface area contributed by atoms with Crippen molar-refractivity contribution in [2.24, 2.45) is 9.98 Å². The largest absolute Gasteiger partial charge is 0.257 e. The highest BCUT2D eigenvalue weighted by molar-refractivity contribution is 6.04. The van der Waals surface area contributed by atoms with E-state index < -0.39 is 0 Å². The molecule has 0 atom stereocenters. The Morgan fingerprint density at radius 2 is 0.714 bits per heavy atom. The molecule has 2 nitrogen and oxygen atoms in total. The average molecular weight is 475 g/mol. The zero-order valence-electron chi connectivity index (χ0n) is 25.1. The molecule has 2 heteroatoms. The molecule has 35 heavy (non-hydrogen) atoms. The molecule has 0 heterocycles. The first-order chi connectivity index (χ1) is 15.7. The Labute approximate surface area is 216 Å². The Morgan fingerprint density at radius 1 is 0.486 bits per heavy atom. The Balaban J connectivity index is 2.61. The molecule has 0 aliphatic rings. The van der Waals surface area contributed by atoms with Crippen molar-refractivity contribution >= 4 is 22.8 Å². The van der Waals surface area contributed by atoms with Crippen LogP contribution in [-0.2, 0) is 21.7 Å². The second kappa shape index (κ2) is 10.0. The highest BCUT2D eigenvalue weighted by Gasteiger charge is 2.27. The van der Waals surface area contributed by atoms with Crippen molar-refractivity contribution < 1.29 is 0 Å². The van der Waals surface area contributed by atoms with Gasteiger partial charge in [0.2, 0.25) is 0 Å². The Kier molecular flexibility index (Phi) is 8.32. The van der Waals surface area contributed by atoms with Gasteiger partial charge in [0.25, 0.3) is 0 Å². The summed E-state index contributed by atoms with van der Waals surface area (Å²) >= 11 is 0. The summed E-state index contributed by atoms with van der Waals surface area (Å²) in [4.78, 5) is 10.5. The molecule has 0 spiro atoms. The van der Waals surface area contributed by atoms with E-state index in [9.17, 15) is 0 Å². The van der Waals surface area contributed by atoms with Gasteiger partial charge in [-0.15, -0.1) is 0 Å². The number of aliphatic imine (C=N–C) groups is 2. The van der Waals surface area contributed by atoms with Gasteiger partial charge in [-0.3, -0.25) is 9.98 Å². The lowest BCUT2D eigenvalue weighted by Crippen LogP contribution is -2.18. The number of rotatable bonds is 4. The second-order valence-electron chi connectivity index (χ2n) is 14.3. The van der Waals surface area contributed by atoms with Crippen molar-refractivity contribution in [2.75, 3.05) is 0 Å². The molecule has 0 aromatic heterocycles. The molecule has 0 radical (unpaired) electrons. The van der Waals surface area contributed by atoms with E-state index in [1.54, 1.807) is 0 Å². The van der Waals surface area contributed by atoms with Gasteiger partial charge in [-0.2, -0.15) is 0 Å². The minimum absolute atomic E-state index is 0.0246. The molecule has 0 aliphatic carbocycles. The van der Waals surface area contributed by atoms with Gasteiger partial charge in [0, 0.05) is 17.8 Å². The van der Waals surface area contributed by atoms with Crippen LogP contribution >= 0.6 is 0 Å². The van der Waals surface area contributed by atoms with E-state index >= 15 is 0 Å². The summed E-state index contributed by atoms with van der Waals surface area (Å²) < 4.78 is 0. The molecule has 2 aromatic carbocycles. The van der Waals surface area contributed by atoms with Crippen LogP contribution in [0.5, 0.6) is 0 Å². The predicted molar refractivity (Wildman–Crippen MR) is 158 cm³/mol. The standard InChI is InChI=1S/C33H50N2/c1-22(34-28-24(30(3,4)5)17-15-18-25(28)31(6,7)8)21-23(2)35-29-26(32(9,10)11)19-16-20-27(29)33(12,13)14/h15-20H,21H2,1-14H3. The number of benzene rings is 2. The molecule has 0 bridgehead atoms. The Morgan fingerprint density at radius 3 is 0.914 bits per heavy atom. The van der Waals surface area contributed by atoms with Crippen molar-refractivity contribution in [1.82, 2.24) is 0 Å². The molecule has 0 aliphatic heterocycles. The van der Waals surface area contributed by atoms with Crippen molar-refractivity contribution in [2.45, 2.75) is 125 Å². The van der Waals surface area contributed by atoms with E-state index in [1.807, 2.05) is 0 Å². The minimum atomic E-state index is 0.0246. The number of hydrogen-bond acceptors (Lipinski definition) is 2. The predicted octanol–water partition coefficient (Wildman–Crippen LogP) is 10.2. The fourth-order valence-electron chi connectivity index (χ4n) is 4.58. The first kappa shape index (κ1) is 29.0. The third-order valence-electron chi connectivity index (χ3n) is 6.42. The molecular weight excluding hydrogens is 424 g/mol. The first-order valence-electron chi connectivity index (χ1n) is 13.1. The van der Waals surface area contributed by atoms with Gasteiger partial charge in [0.1, 0.15) is 0 Å². The fraction of sp³-hybridized carbons (Fsp3) is 0.576. The van der Waals surface area contributed by atoms with E-state index in [1.165, 1.54) is 22.3 Å². The molecular formula is C33H50N2. The van der Waals surface area contributed by atoms with E-state index in [-0.39, 0.29) is 21.7 Å². The van der Waals surface area contributed by atoms with Crippen molar-refractivity contribution in [1.29, 1.82) is 0 Å². The van der Waals surface area contributed by atoms with Crippen LogP contribution in [0.4, 0.5) is 11.4 Å². The normalized spacial score (nSPS) is 14.5. The molecule has 0 saturated heterocycles. The Bertz CT molecular complexity index is 948. The van der Waals surface area contributed by atoms with Crippen LogP contribution in [0, 0.1) is 0 Å². The van der Waals surface area contributed by atoms with Gasteiger partial charge in [-0.05, 0) is 57.8 Å². The van der Waals surface area contributed by atoms with Crippen LogP contribution in [0.2, 0.25) is 0 Å². The summed E-state index contributed by atoms with van der Waals surface area (Å²) in [6.07, 6.45) is 0.754. The van der Waals surface area contributed by atoms with Crippen molar-refractivity contribution in [3.63, 3.8) is 0 Å². The number of para-hydroxylation sites is 2. The smallest absolute Gasteiger partial charge is 0.0703 e. The summed E-state index contributed by atoms with van der Waals surface area (Å²) in [7, 11) is 0. The van der Waals surface area contributed by atoms with Crippen LogP contribution in [-0.4, -0.2) is 11.4 Å². The van der Waals surface area contributed by atoms with Crippen LogP contribution in [0.15, 0.2) is 46.4 Å². The van der Waals surface area contributed by atoms with E-state index in [2.05, 4.69) is 133 Å². The maximum Gasteiger partial charge on any atom is 0.0703 e. The second-order valence-corrected chi connectivity index (χ2v) is 14.3. The van der Waals surface area contributed by atoms with Gasteiger partial charge >= 0.3 is 0 Å². The van der Waals surface area contributed by atoms with Crippen LogP contribution in [0.25, 0.3) is 0 Å². The summed E-state index contributed by atoms with van der Waals surface area (Å²) in [5.41, 5.74) is 9.74. The molecule has 2 aromatic rings. The van der Waals surface area contributed by atoms with Crippen LogP contribution < -0.4 is 0 Å².